The molecule has 0 aliphatic carbocycles. The van der Waals surface area contributed by atoms with Crippen LogP contribution in [-0.4, -0.2) is 21.6 Å². The Labute approximate surface area is 129 Å². The lowest BCUT2D eigenvalue weighted by atomic mass is 10.1. The molecule has 2 aromatic rings. The smallest absolute Gasteiger partial charge is 0.328 e. The second-order valence-corrected chi connectivity index (χ2v) is 5.57. The van der Waals surface area contributed by atoms with E-state index in [1.807, 2.05) is 36.4 Å². The Kier molecular flexibility index (Phi) is 4.26. The zero-order valence-electron chi connectivity index (χ0n) is 11.4. The number of aromatic amines is 1. The number of ether oxygens (including phenoxy) is 1. The van der Waals surface area contributed by atoms with E-state index in [1.54, 1.807) is 13.3 Å². The first-order chi connectivity index (χ1) is 9.43. The van der Waals surface area contributed by atoms with Gasteiger partial charge in [-0.15, -0.1) is 0 Å². The second-order valence-electron chi connectivity index (χ2n) is 4.41. The first kappa shape index (κ1) is 14.8. The Morgan fingerprint density at radius 1 is 1.40 bits per heavy atom. The molecule has 0 aliphatic heterocycles. The molecule has 6 nitrogen and oxygen atoms in total. The van der Waals surface area contributed by atoms with Crippen LogP contribution in [-0.2, 0) is 6.54 Å². The Bertz CT molecular complexity index is 764. The molecule has 0 radical (unpaired) electrons. The number of aromatic nitrogens is 3. The molecule has 7 heteroatoms. The van der Waals surface area contributed by atoms with E-state index in [0.717, 1.165) is 22.6 Å². The van der Waals surface area contributed by atoms with Crippen molar-refractivity contribution in [2.24, 2.45) is 0 Å². The molecule has 0 unspecified atom stereocenters. The summed E-state index contributed by atoms with van der Waals surface area (Å²) in [6.45, 7) is 4.10. The van der Waals surface area contributed by atoms with Crippen LogP contribution in [0.1, 0.15) is 16.8 Å². The van der Waals surface area contributed by atoms with Gasteiger partial charge in [0, 0.05) is 23.5 Å². The van der Waals surface area contributed by atoms with Gasteiger partial charge in [-0.3, -0.25) is 19.3 Å². The van der Waals surface area contributed by atoms with Crippen molar-refractivity contribution in [3.05, 3.63) is 53.6 Å². The molecule has 0 spiro atoms. The van der Waals surface area contributed by atoms with Crippen molar-refractivity contribution >= 4 is 22.6 Å². The first-order valence-electron chi connectivity index (χ1n) is 5.92. The van der Waals surface area contributed by atoms with Gasteiger partial charge in [0.1, 0.15) is 5.75 Å². The van der Waals surface area contributed by atoms with Gasteiger partial charge in [0.15, 0.2) is 0 Å². The summed E-state index contributed by atoms with van der Waals surface area (Å²) in [6, 6.07) is 0. The molecular weight excluding hydrogens is 373 g/mol. The summed E-state index contributed by atoms with van der Waals surface area (Å²) in [6.07, 6.45) is 3.23. The minimum Gasteiger partial charge on any atom is -0.496 e. The van der Waals surface area contributed by atoms with Crippen LogP contribution in [0.25, 0.3) is 0 Å². The Balaban J connectivity index is 2.48. The summed E-state index contributed by atoms with van der Waals surface area (Å²) in [7, 11) is 1.61. The maximum Gasteiger partial charge on any atom is 0.328 e. The van der Waals surface area contributed by atoms with Gasteiger partial charge in [-0.1, -0.05) is 0 Å². The summed E-state index contributed by atoms with van der Waals surface area (Å²) in [4.78, 5) is 29.7. The maximum atomic E-state index is 11.8. The minimum atomic E-state index is -0.448. The number of methoxy groups -OCH3 is 1. The van der Waals surface area contributed by atoms with E-state index in [1.165, 1.54) is 10.8 Å². The molecule has 0 saturated heterocycles. The van der Waals surface area contributed by atoms with Crippen molar-refractivity contribution in [2.75, 3.05) is 7.11 Å². The van der Waals surface area contributed by atoms with Crippen molar-refractivity contribution in [2.45, 2.75) is 20.4 Å². The normalized spacial score (nSPS) is 10.6. The summed E-state index contributed by atoms with van der Waals surface area (Å²) >= 11 is 1.89. The van der Waals surface area contributed by atoms with Gasteiger partial charge in [0.2, 0.25) is 0 Å². The average molecular weight is 387 g/mol. The molecule has 2 heterocycles. The van der Waals surface area contributed by atoms with E-state index in [0.29, 0.717) is 3.57 Å². The third kappa shape index (κ3) is 2.77. The summed E-state index contributed by atoms with van der Waals surface area (Å²) in [5, 5.41) is 0. The van der Waals surface area contributed by atoms with Gasteiger partial charge in [-0.2, -0.15) is 0 Å². The molecule has 106 valence electrons. The second kappa shape index (κ2) is 5.78. The summed E-state index contributed by atoms with van der Waals surface area (Å²) in [5.74, 6) is 0.766. The van der Waals surface area contributed by atoms with Crippen LogP contribution in [0.5, 0.6) is 5.75 Å². The van der Waals surface area contributed by atoms with E-state index in [2.05, 4.69) is 9.97 Å². The molecule has 0 aromatic carbocycles. The van der Waals surface area contributed by atoms with Gasteiger partial charge in [0.25, 0.3) is 5.56 Å². The Hall–Kier alpha value is -1.64. The fraction of sp³-hybridized carbons (Fsp3) is 0.308. The average Bonchev–Trinajstić information content (AvgIpc) is 2.39. The SMILES string of the molecule is COc1c(C)cnc(Cn2cc(I)c(=O)[nH]c2=O)c1C. The molecule has 2 rings (SSSR count). The number of pyridine rings is 1. The third-order valence-corrected chi connectivity index (χ3v) is 3.81. The molecule has 0 amide bonds. The molecule has 0 saturated carbocycles. The lowest BCUT2D eigenvalue weighted by Gasteiger charge is -2.13. The summed E-state index contributed by atoms with van der Waals surface area (Å²) < 4.78 is 7.22. The van der Waals surface area contributed by atoms with Crippen LogP contribution in [0.15, 0.2) is 22.0 Å². The van der Waals surface area contributed by atoms with Crippen LogP contribution in [0.2, 0.25) is 0 Å². The van der Waals surface area contributed by atoms with Crippen molar-refractivity contribution in [3.8, 4) is 5.75 Å². The lowest BCUT2D eigenvalue weighted by molar-refractivity contribution is 0.406. The zero-order chi connectivity index (χ0) is 14.9. The van der Waals surface area contributed by atoms with E-state index in [9.17, 15) is 9.59 Å². The largest absolute Gasteiger partial charge is 0.496 e. The molecule has 0 bridgehead atoms. The van der Waals surface area contributed by atoms with Gasteiger partial charge < -0.3 is 4.74 Å². The van der Waals surface area contributed by atoms with Crippen LogP contribution in [0.3, 0.4) is 0 Å². The van der Waals surface area contributed by atoms with E-state index in [4.69, 9.17) is 4.74 Å². The molecule has 0 fully saturated rings. The number of aryl methyl sites for hydroxylation is 1. The van der Waals surface area contributed by atoms with Crippen molar-refractivity contribution in [1.82, 2.24) is 14.5 Å². The van der Waals surface area contributed by atoms with Gasteiger partial charge in [-0.05, 0) is 36.4 Å². The number of hydrogen-bond acceptors (Lipinski definition) is 4. The molecule has 20 heavy (non-hydrogen) atoms. The fourth-order valence-corrected chi connectivity index (χ4v) is 2.46. The maximum absolute atomic E-state index is 11.8. The number of nitrogens with zero attached hydrogens (tertiary/aromatic N) is 2. The fourth-order valence-electron chi connectivity index (χ4n) is 1.99. The molecule has 0 atom stereocenters. The topological polar surface area (TPSA) is 77.0 Å². The quantitative estimate of drug-likeness (QED) is 0.804. The van der Waals surface area contributed by atoms with Crippen molar-refractivity contribution < 1.29 is 4.74 Å². The number of nitrogens with one attached hydrogen (secondary N) is 1. The van der Waals surface area contributed by atoms with Gasteiger partial charge >= 0.3 is 5.69 Å². The monoisotopic (exact) mass is 387 g/mol. The van der Waals surface area contributed by atoms with Crippen LogP contribution in [0, 0.1) is 17.4 Å². The van der Waals surface area contributed by atoms with E-state index >= 15 is 0 Å². The predicted molar refractivity (Wildman–Crippen MR) is 83.4 cm³/mol. The molecule has 1 N–H and O–H groups in total. The molecule has 0 aliphatic rings. The van der Waals surface area contributed by atoms with E-state index in [-0.39, 0.29) is 12.1 Å². The zero-order valence-corrected chi connectivity index (χ0v) is 13.5. The highest BCUT2D eigenvalue weighted by Gasteiger charge is 2.11. The molecular formula is C13H14IN3O3. The van der Waals surface area contributed by atoms with Gasteiger partial charge in [0.05, 0.1) is 22.9 Å². The van der Waals surface area contributed by atoms with Crippen LogP contribution < -0.4 is 16.0 Å². The Morgan fingerprint density at radius 3 is 2.75 bits per heavy atom. The molecule has 2 aromatic heterocycles. The minimum absolute atomic E-state index is 0.286. The number of rotatable bonds is 3. The lowest BCUT2D eigenvalue weighted by Crippen LogP contribution is -2.31. The van der Waals surface area contributed by atoms with Crippen molar-refractivity contribution in [1.29, 1.82) is 0 Å². The van der Waals surface area contributed by atoms with Crippen LogP contribution in [0.4, 0.5) is 0 Å². The third-order valence-electron chi connectivity index (χ3n) is 3.04. The van der Waals surface area contributed by atoms with Crippen LogP contribution >= 0.6 is 22.6 Å². The van der Waals surface area contributed by atoms with E-state index < -0.39 is 5.69 Å². The Morgan fingerprint density at radius 2 is 2.10 bits per heavy atom. The first-order valence-corrected chi connectivity index (χ1v) is 7.00. The highest BCUT2D eigenvalue weighted by molar-refractivity contribution is 14.1. The van der Waals surface area contributed by atoms with Crippen molar-refractivity contribution in [3.63, 3.8) is 0 Å². The number of hydrogen-bond donors (Lipinski definition) is 1. The standard InChI is InChI=1S/C13H14IN3O3/c1-7-4-15-10(8(2)11(7)20-3)6-17-5-9(14)12(18)16-13(17)19/h4-5H,6H2,1-3H3,(H,16,18,19). The highest BCUT2D eigenvalue weighted by atomic mass is 127. The number of H-pyrrole nitrogens is 1. The van der Waals surface area contributed by atoms with Gasteiger partial charge in [-0.25, -0.2) is 4.79 Å². The highest BCUT2D eigenvalue weighted by Crippen LogP contribution is 2.24. The number of halogens is 1. The summed E-state index contributed by atoms with van der Waals surface area (Å²) in [5.41, 5.74) is 1.74. The predicted octanol–water partition coefficient (Wildman–Crippen LogP) is 1.21.